The molecule has 0 saturated carbocycles. The average Bonchev–Trinajstić information content (AvgIpc) is 2.39. The Labute approximate surface area is 121 Å². The van der Waals surface area contributed by atoms with Crippen LogP contribution in [0.15, 0.2) is 0 Å². The lowest BCUT2D eigenvalue weighted by atomic mass is 9.97. The maximum Gasteiger partial charge on any atom is 0.237 e. The van der Waals surface area contributed by atoms with Crippen LogP contribution >= 0.6 is 0 Å². The second kappa shape index (κ2) is 6.57. The van der Waals surface area contributed by atoms with Crippen LogP contribution in [0.4, 0.5) is 0 Å². The van der Waals surface area contributed by atoms with Crippen molar-refractivity contribution in [3.63, 3.8) is 0 Å². The van der Waals surface area contributed by atoms with Gasteiger partial charge in [0, 0.05) is 45.2 Å². The van der Waals surface area contributed by atoms with Gasteiger partial charge in [0.15, 0.2) is 0 Å². The minimum atomic E-state index is 0.134. The average molecular weight is 281 g/mol. The van der Waals surface area contributed by atoms with Crippen LogP contribution in [0, 0.1) is 0 Å². The molecule has 2 heterocycles. The number of carbonyl (C=O) groups is 2. The molecule has 2 unspecified atom stereocenters. The number of hydrogen-bond acceptors (Lipinski definition) is 3. The first-order chi connectivity index (χ1) is 9.49. The van der Waals surface area contributed by atoms with Gasteiger partial charge in [0.05, 0.1) is 6.54 Å². The molecule has 20 heavy (non-hydrogen) atoms. The molecule has 0 bridgehead atoms. The van der Waals surface area contributed by atoms with E-state index < -0.39 is 0 Å². The van der Waals surface area contributed by atoms with Gasteiger partial charge in [-0.3, -0.25) is 14.5 Å². The highest BCUT2D eigenvalue weighted by molar-refractivity contribution is 5.79. The van der Waals surface area contributed by atoms with Gasteiger partial charge < -0.3 is 9.80 Å². The molecule has 2 saturated heterocycles. The first-order valence-corrected chi connectivity index (χ1v) is 7.78. The van der Waals surface area contributed by atoms with Crippen molar-refractivity contribution in [3.8, 4) is 0 Å². The van der Waals surface area contributed by atoms with E-state index in [4.69, 9.17) is 0 Å². The third-order valence-corrected chi connectivity index (χ3v) is 4.66. The molecule has 2 amide bonds. The van der Waals surface area contributed by atoms with Crippen molar-refractivity contribution in [1.29, 1.82) is 0 Å². The lowest BCUT2D eigenvalue weighted by Crippen LogP contribution is -2.54. The normalized spacial score (nSPS) is 28.6. The van der Waals surface area contributed by atoms with Crippen LogP contribution in [0.5, 0.6) is 0 Å². The van der Waals surface area contributed by atoms with Crippen LogP contribution in [0.25, 0.3) is 0 Å². The number of nitrogens with zero attached hydrogens (tertiary/aromatic N) is 3. The predicted octanol–water partition coefficient (Wildman–Crippen LogP) is 0.940. The maximum absolute atomic E-state index is 12.5. The van der Waals surface area contributed by atoms with Crippen molar-refractivity contribution in [1.82, 2.24) is 14.7 Å². The second-order valence-electron chi connectivity index (χ2n) is 6.21. The van der Waals surface area contributed by atoms with Crippen molar-refractivity contribution >= 4 is 11.8 Å². The van der Waals surface area contributed by atoms with E-state index in [1.807, 2.05) is 4.90 Å². The number of piperazine rings is 1. The van der Waals surface area contributed by atoms with Crippen LogP contribution in [0.3, 0.4) is 0 Å². The van der Waals surface area contributed by atoms with E-state index in [0.717, 1.165) is 39.0 Å². The first kappa shape index (κ1) is 15.3. The fourth-order valence-corrected chi connectivity index (χ4v) is 3.41. The molecule has 0 aromatic heterocycles. The molecule has 0 spiro atoms. The Morgan fingerprint density at radius 1 is 1.00 bits per heavy atom. The molecule has 2 atom stereocenters. The minimum absolute atomic E-state index is 0.134. The van der Waals surface area contributed by atoms with Crippen LogP contribution in [-0.2, 0) is 9.59 Å². The van der Waals surface area contributed by atoms with Gasteiger partial charge >= 0.3 is 0 Å². The highest BCUT2D eigenvalue weighted by atomic mass is 16.2. The highest BCUT2D eigenvalue weighted by Gasteiger charge is 2.30. The summed E-state index contributed by atoms with van der Waals surface area (Å²) in [4.78, 5) is 29.9. The van der Waals surface area contributed by atoms with Crippen molar-refractivity contribution < 1.29 is 9.59 Å². The van der Waals surface area contributed by atoms with Gasteiger partial charge in [-0.1, -0.05) is 0 Å². The van der Waals surface area contributed by atoms with Crippen LogP contribution in [0.2, 0.25) is 0 Å². The molecular weight excluding hydrogens is 254 g/mol. The predicted molar refractivity (Wildman–Crippen MR) is 78.3 cm³/mol. The summed E-state index contributed by atoms with van der Waals surface area (Å²) in [6.45, 7) is 9.52. The summed E-state index contributed by atoms with van der Waals surface area (Å²) in [5, 5.41) is 0. The van der Waals surface area contributed by atoms with Crippen LogP contribution in [0.1, 0.15) is 40.0 Å². The second-order valence-corrected chi connectivity index (χ2v) is 6.21. The summed E-state index contributed by atoms with van der Waals surface area (Å²) < 4.78 is 0. The Hall–Kier alpha value is -1.10. The number of hydrogen-bond donors (Lipinski definition) is 0. The molecule has 0 aliphatic carbocycles. The molecule has 2 fully saturated rings. The number of rotatable bonds is 2. The van der Waals surface area contributed by atoms with E-state index in [1.54, 1.807) is 6.92 Å². The number of amides is 2. The molecular formula is C15H27N3O2. The number of piperidine rings is 1. The molecule has 0 radical (unpaired) electrons. The topological polar surface area (TPSA) is 43.9 Å². The van der Waals surface area contributed by atoms with Crippen LogP contribution in [-0.4, -0.2) is 71.3 Å². The third kappa shape index (κ3) is 3.51. The van der Waals surface area contributed by atoms with E-state index in [2.05, 4.69) is 23.6 Å². The molecule has 5 nitrogen and oxygen atoms in total. The molecule has 5 heteroatoms. The summed E-state index contributed by atoms with van der Waals surface area (Å²) in [5.74, 6) is 0.384. The van der Waals surface area contributed by atoms with Crippen LogP contribution < -0.4 is 0 Å². The summed E-state index contributed by atoms with van der Waals surface area (Å²) in [6, 6.07) is 0.731. The van der Waals surface area contributed by atoms with E-state index in [9.17, 15) is 9.59 Å². The van der Waals surface area contributed by atoms with Gasteiger partial charge in [-0.2, -0.15) is 0 Å². The van der Waals surface area contributed by atoms with E-state index in [0.29, 0.717) is 18.6 Å². The maximum atomic E-state index is 12.5. The first-order valence-electron chi connectivity index (χ1n) is 7.78. The highest BCUT2D eigenvalue weighted by Crippen LogP contribution is 2.22. The lowest BCUT2D eigenvalue weighted by molar-refractivity contribution is -0.139. The minimum Gasteiger partial charge on any atom is -0.340 e. The smallest absolute Gasteiger partial charge is 0.237 e. The van der Waals surface area contributed by atoms with Gasteiger partial charge in [-0.25, -0.2) is 0 Å². The molecule has 0 N–H and O–H groups in total. The Morgan fingerprint density at radius 3 is 2.05 bits per heavy atom. The molecule has 114 valence electrons. The number of likely N-dealkylation sites (tertiary alicyclic amines) is 1. The summed E-state index contributed by atoms with van der Waals surface area (Å²) >= 11 is 0. The Balaban J connectivity index is 1.84. The number of carbonyl (C=O) groups excluding carboxylic acids is 2. The van der Waals surface area contributed by atoms with Crippen molar-refractivity contribution in [2.24, 2.45) is 0 Å². The SMILES string of the molecule is CC(=O)N1CCN(CC(=O)N2C(C)CCCC2C)CC1. The zero-order chi connectivity index (χ0) is 14.7. The van der Waals surface area contributed by atoms with Crippen molar-refractivity contribution in [3.05, 3.63) is 0 Å². The van der Waals surface area contributed by atoms with Gasteiger partial charge in [-0.15, -0.1) is 0 Å². The summed E-state index contributed by atoms with van der Waals surface area (Å²) in [7, 11) is 0. The largest absolute Gasteiger partial charge is 0.340 e. The fourth-order valence-electron chi connectivity index (χ4n) is 3.41. The standard InChI is InChI=1S/C15H27N3O2/c1-12-5-4-6-13(2)18(12)15(20)11-16-7-9-17(10-8-16)14(3)19/h12-13H,4-11H2,1-3H3. The van der Waals surface area contributed by atoms with E-state index in [-0.39, 0.29) is 11.8 Å². The quantitative estimate of drug-likeness (QED) is 0.756. The van der Waals surface area contributed by atoms with E-state index in [1.165, 1.54) is 6.42 Å². The van der Waals surface area contributed by atoms with Crippen molar-refractivity contribution in [2.45, 2.75) is 52.1 Å². The van der Waals surface area contributed by atoms with Gasteiger partial charge in [0.2, 0.25) is 11.8 Å². The van der Waals surface area contributed by atoms with Gasteiger partial charge in [0.25, 0.3) is 0 Å². The van der Waals surface area contributed by atoms with E-state index >= 15 is 0 Å². The van der Waals surface area contributed by atoms with Gasteiger partial charge in [-0.05, 0) is 33.1 Å². The lowest BCUT2D eigenvalue weighted by Gasteiger charge is -2.41. The molecule has 0 aromatic carbocycles. The summed E-state index contributed by atoms with van der Waals surface area (Å²) in [5.41, 5.74) is 0. The molecule has 0 aromatic rings. The molecule has 2 rings (SSSR count). The summed E-state index contributed by atoms with van der Waals surface area (Å²) in [6.07, 6.45) is 3.46. The zero-order valence-corrected chi connectivity index (χ0v) is 13.0. The molecule has 2 aliphatic rings. The van der Waals surface area contributed by atoms with Gasteiger partial charge in [0.1, 0.15) is 0 Å². The fraction of sp³-hybridized carbons (Fsp3) is 0.867. The third-order valence-electron chi connectivity index (χ3n) is 4.66. The Bertz CT molecular complexity index is 354. The Morgan fingerprint density at radius 2 is 1.55 bits per heavy atom. The van der Waals surface area contributed by atoms with Crippen molar-refractivity contribution in [2.75, 3.05) is 32.7 Å². The zero-order valence-electron chi connectivity index (χ0n) is 13.0. The molecule has 2 aliphatic heterocycles. The Kier molecular flexibility index (Phi) is 5.02. The monoisotopic (exact) mass is 281 g/mol.